The number of hydrogen-bond donors (Lipinski definition) is 0. The van der Waals surface area contributed by atoms with Gasteiger partial charge in [-0.25, -0.2) is 0 Å². The number of hydrogen-bond acceptors (Lipinski definition) is 3. The van der Waals surface area contributed by atoms with E-state index in [4.69, 9.17) is 9.47 Å². The van der Waals surface area contributed by atoms with Gasteiger partial charge in [0.05, 0.1) is 13.2 Å². The van der Waals surface area contributed by atoms with Crippen LogP contribution in [0.1, 0.15) is 26.2 Å². The minimum absolute atomic E-state index is 0.132. The summed E-state index contributed by atoms with van der Waals surface area (Å²) >= 11 is 0. The van der Waals surface area contributed by atoms with Crippen LogP contribution in [0.2, 0.25) is 0 Å². The summed E-state index contributed by atoms with van der Waals surface area (Å²) in [6.07, 6.45) is 3.96. The fraction of sp³-hybridized carbons (Fsp3) is 0.700. The lowest BCUT2D eigenvalue weighted by Gasteiger charge is -2.03. The van der Waals surface area contributed by atoms with E-state index < -0.39 is 0 Å². The normalized spacial score (nSPS) is 9.62. The fourth-order valence-electron chi connectivity index (χ4n) is 0.761. The van der Waals surface area contributed by atoms with Crippen molar-refractivity contribution in [2.24, 2.45) is 0 Å². The molecule has 0 aromatic heterocycles. The van der Waals surface area contributed by atoms with E-state index in [0.29, 0.717) is 26.2 Å². The zero-order chi connectivity index (χ0) is 9.94. The van der Waals surface area contributed by atoms with Gasteiger partial charge in [-0.2, -0.15) is 0 Å². The van der Waals surface area contributed by atoms with Gasteiger partial charge < -0.3 is 9.47 Å². The van der Waals surface area contributed by atoms with E-state index in [9.17, 15) is 4.79 Å². The number of ether oxygens (including phenoxy) is 2. The van der Waals surface area contributed by atoms with Crippen LogP contribution in [0.3, 0.4) is 0 Å². The molecule has 0 radical (unpaired) electrons. The van der Waals surface area contributed by atoms with Gasteiger partial charge in [-0.05, 0) is 12.8 Å². The van der Waals surface area contributed by atoms with Gasteiger partial charge >= 0.3 is 5.97 Å². The predicted molar refractivity (Wildman–Crippen MR) is 51.5 cm³/mol. The largest absolute Gasteiger partial charge is 0.466 e. The molecule has 0 saturated carbocycles. The Balaban J connectivity index is 2.99. The maximum atomic E-state index is 10.7. The van der Waals surface area contributed by atoms with Crippen LogP contribution in [0.4, 0.5) is 0 Å². The number of esters is 1. The third-order valence-electron chi connectivity index (χ3n) is 1.47. The average Bonchev–Trinajstić information content (AvgIpc) is 2.16. The zero-order valence-electron chi connectivity index (χ0n) is 8.25. The van der Waals surface area contributed by atoms with E-state index in [-0.39, 0.29) is 5.97 Å². The second kappa shape index (κ2) is 9.26. The molecule has 0 N–H and O–H groups in total. The number of carbonyl (C=O) groups excluding carboxylic acids is 1. The second-order valence-corrected chi connectivity index (χ2v) is 2.64. The molecular weight excluding hydrogens is 168 g/mol. The third kappa shape index (κ3) is 9.08. The van der Waals surface area contributed by atoms with E-state index in [1.54, 1.807) is 13.0 Å². The van der Waals surface area contributed by atoms with Crippen molar-refractivity contribution in [2.45, 2.75) is 26.2 Å². The molecule has 3 nitrogen and oxygen atoms in total. The summed E-state index contributed by atoms with van der Waals surface area (Å²) in [6, 6.07) is 0. The Morgan fingerprint density at radius 1 is 1.38 bits per heavy atom. The lowest BCUT2D eigenvalue weighted by atomic mass is 10.3. The molecule has 0 aromatic carbocycles. The van der Waals surface area contributed by atoms with Crippen molar-refractivity contribution < 1.29 is 14.3 Å². The summed E-state index contributed by atoms with van der Waals surface area (Å²) in [5.74, 6) is -0.132. The smallest absolute Gasteiger partial charge is 0.305 e. The van der Waals surface area contributed by atoms with E-state index in [2.05, 4.69) is 6.58 Å². The van der Waals surface area contributed by atoms with Crippen LogP contribution in [0, 0.1) is 0 Å². The highest BCUT2D eigenvalue weighted by Gasteiger charge is 1.96. The highest BCUT2D eigenvalue weighted by molar-refractivity contribution is 5.68. The van der Waals surface area contributed by atoms with Crippen molar-refractivity contribution in [3.63, 3.8) is 0 Å². The highest BCUT2D eigenvalue weighted by atomic mass is 16.5. The van der Waals surface area contributed by atoms with Gasteiger partial charge in [0.1, 0.15) is 0 Å². The minimum atomic E-state index is -0.132. The minimum Gasteiger partial charge on any atom is -0.466 e. The zero-order valence-corrected chi connectivity index (χ0v) is 8.25. The molecule has 0 spiro atoms. The summed E-state index contributed by atoms with van der Waals surface area (Å²) in [5.41, 5.74) is 0. The van der Waals surface area contributed by atoms with Crippen LogP contribution < -0.4 is 0 Å². The van der Waals surface area contributed by atoms with Crippen LogP contribution in [-0.4, -0.2) is 25.8 Å². The first-order chi connectivity index (χ1) is 6.31. The number of unbranched alkanes of at least 4 members (excludes halogenated alkanes) is 1. The van der Waals surface area contributed by atoms with Crippen molar-refractivity contribution >= 4 is 5.97 Å². The van der Waals surface area contributed by atoms with Gasteiger partial charge in [-0.1, -0.05) is 13.0 Å². The predicted octanol–water partition coefficient (Wildman–Crippen LogP) is 1.92. The molecule has 0 bridgehead atoms. The van der Waals surface area contributed by atoms with Gasteiger partial charge in [-0.3, -0.25) is 4.79 Å². The van der Waals surface area contributed by atoms with Gasteiger partial charge in [-0.15, -0.1) is 6.58 Å². The lowest BCUT2D eigenvalue weighted by molar-refractivity contribution is -0.143. The average molecular weight is 186 g/mol. The first-order valence-corrected chi connectivity index (χ1v) is 4.65. The van der Waals surface area contributed by atoms with E-state index in [1.807, 2.05) is 0 Å². The Kier molecular flexibility index (Phi) is 8.67. The first-order valence-electron chi connectivity index (χ1n) is 4.65. The highest BCUT2D eigenvalue weighted by Crippen LogP contribution is 1.93. The molecule has 0 heterocycles. The van der Waals surface area contributed by atoms with Crippen LogP contribution in [0.25, 0.3) is 0 Å². The Morgan fingerprint density at radius 3 is 2.69 bits per heavy atom. The number of rotatable bonds is 8. The van der Waals surface area contributed by atoms with Crippen molar-refractivity contribution in [1.29, 1.82) is 0 Å². The molecule has 0 aliphatic carbocycles. The molecule has 0 unspecified atom stereocenters. The molecule has 0 atom stereocenters. The summed E-state index contributed by atoms with van der Waals surface area (Å²) < 4.78 is 10.0. The van der Waals surface area contributed by atoms with Crippen molar-refractivity contribution in [3.8, 4) is 0 Å². The Morgan fingerprint density at radius 2 is 2.08 bits per heavy atom. The van der Waals surface area contributed by atoms with Gasteiger partial charge in [0.15, 0.2) is 0 Å². The van der Waals surface area contributed by atoms with Crippen LogP contribution in [0.15, 0.2) is 12.7 Å². The summed E-state index contributed by atoms with van der Waals surface area (Å²) in [6.45, 7) is 7.12. The van der Waals surface area contributed by atoms with E-state index in [1.165, 1.54) is 0 Å². The van der Waals surface area contributed by atoms with Crippen molar-refractivity contribution in [1.82, 2.24) is 0 Å². The fourth-order valence-corrected chi connectivity index (χ4v) is 0.761. The van der Waals surface area contributed by atoms with Gasteiger partial charge in [0.2, 0.25) is 0 Å². The molecule has 0 fully saturated rings. The Bertz CT molecular complexity index is 143. The van der Waals surface area contributed by atoms with Crippen molar-refractivity contribution in [2.75, 3.05) is 19.8 Å². The standard InChI is InChI=1S/C10H18O3/c1-3-7-12-8-5-6-9-13-10(11)4-2/h3H,1,4-9H2,2H3. The maximum Gasteiger partial charge on any atom is 0.305 e. The van der Waals surface area contributed by atoms with E-state index in [0.717, 1.165) is 12.8 Å². The van der Waals surface area contributed by atoms with Gasteiger partial charge in [0.25, 0.3) is 0 Å². The van der Waals surface area contributed by atoms with Crippen LogP contribution >= 0.6 is 0 Å². The van der Waals surface area contributed by atoms with Crippen molar-refractivity contribution in [3.05, 3.63) is 12.7 Å². The summed E-state index contributed by atoms with van der Waals surface area (Å²) in [5, 5.41) is 0. The first kappa shape index (κ1) is 12.2. The topological polar surface area (TPSA) is 35.5 Å². The molecule has 0 rings (SSSR count). The molecule has 0 aromatic rings. The molecule has 76 valence electrons. The summed E-state index contributed by atoms with van der Waals surface area (Å²) in [7, 11) is 0. The van der Waals surface area contributed by atoms with E-state index >= 15 is 0 Å². The SMILES string of the molecule is C=CCOCCCCOC(=O)CC. The molecule has 0 amide bonds. The maximum absolute atomic E-state index is 10.7. The molecule has 0 aliphatic heterocycles. The monoisotopic (exact) mass is 186 g/mol. The third-order valence-corrected chi connectivity index (χ3v) is 1.47. The second-order valence-electron chi connectivity index (χ2n) is 2.64. The quantitative estimate of drug-likeness (QED) is 0.330. The van der Waals surface area contributed by atoms with Crippen LogP contribution in [-0.2, 0) is 14.3 Å². The number of carbonyl (C=O) groups is 1. The molecule has 3 heteroatoms. The Labute approximate surface area is 79.7 Å². The van der Waals surface area contributed by atoms with Gasteiger partial charge in [0, 0.05) is 13.0 Å². The molecule has 0 saturated heterocycles. The molecular formula is C10H18O3. The Hall–Kier alpha value is -0.830. The lowest BCUT2D eigenvalue weighted by Crippen LogP contribution is -2.05. The molecule has 0 aliphatic rings. The molecule has 13 heavy (non-hydrogen) atoms. The summed E-state index contributed by atoms with van der Waals surface area (Å²) in [4.78, 5) is 10.7. The van der Waals surface area contributed by atoms with Crippen LogP contribution in [0.5, 0.6) is 0 Å².